The van der Waals surface area contributed by atoms with Gasteiger partial charge in [-0.3, -0.25) is 4.79 Å². The molecular weight excluding hydrogens is 266 g/mol. The largest absolute Gasteiger partial charge is 0.481 e. The van der Waals surface area contributed by atoms with Crippen LogP contribution in [-0.4, -0.2) is 26.1 Å². The maximum absolute atomic E-state index is 11.5. The molecule has 21 heavy (non-hydrogen) atoms. The lowest BCUT2D eigenvalue weighted by Gasteiger charge is -2.37. The highest BCUT2D eigenvalue weighted by Crippen LogP contribution is 2.38. The standard InChI is InChI=1S/C16H29N3O2/c1-11(2)9-14(3,4)12-10-19(18-17-12)16(7,8)15(5,6)13(20)21/h10-11H,9H2,1-8H3,(H,20,21). The Morgan fingerprint density at radius 2 is 1.76 bits per heavy atom. The van der Waals surface area contributed by atoms with E-state index < -0.39 is 16.9 Å². The fourth-order valence-electron chi connectivity index (χ4n) is 2.52. The highest BCUT2D eigenvalue weighted by molar-refractivity contribution is 5.75. The van der Waals surface area contributed by atoms with Gasteiger partial charge < -0.3 is 5.11 Å². The van der Waals surface area contributed by atoms with Crippen molar-refractivity contribution < 1.29 is 9.90 Å². The van der Waals surface area contributed by atoms with Crippen molar-refractivity contribution in [2.24, 2.45) is 11.3 Å². The number of carboxylic acid groups (broad SMARTS) is 1. The minimum Gasteiger partial charge on any atom is -0.481 e. The van der Waals surface area contributed by atoms with Crippen molar-refractivity contribution in [3.05, 3.63) is 11.9 Å². The summed E-state index contributed by atoms with van der Waals surface area (Å²) >= 11 is 0. The van der Waals surface area contributed by atoms with Crippen molar-refractivity contribution >= 4 is 5.97 Å². The SMILES string of the molecule is CC(C)CC(C)(C)c1cn(C(C)(C)C(C)(C)C(=O)O)nn1. The zero-order chi connectivity index (χ0) is 16.6. The molecule has 5 heteroatoms. The lowest BCUT2D eigenvalue weighted by molar-refractivity contribution is -0.153. The van der Waals surface area contributed by atoms with E-state index in [1.807, 2.05) is 20.0 Å². The van der Waals surface area contributed by atoms with Crippen LogP contribution in [0.2, 0.25) is 0 Å². The van der Waals surface area contributed by atoms with Crippen LogP contribution in [0.4, 0.5) is 0 Å². The van der Waals surface area contributed by atoms with Crippen LogP contribution in [0, 0.1) is 11.3 Å². The molecule has 0 radical (unpaired) electrons. The summed E-state index contributed by atoms with van der Waals surface area (Å²) in [5.41, 5.74) is -0.779. The van der Waals surface area contributed by atoms with E-state index in [1.54, 1.807) is 18.5 Å². The second-order valence-electron chi connectivity index (χ2n) is 8.02. The number of rotatable bonds is 6. The highest BCUT2D eigenvalue weighted by atomic mass is 16.4. The Morgan fingerprint density at radius 3 is 2.19 bits per heavy atom. The van der Waals surface area contributed by atoms with Gasteiger partial charge in [-0.05, 0) is 40.0 Å². The van der Waals surface area contributed by atoms with E-state index in [4.69, 9.17) is 0 Å². The van der Waals surface area contributed by atoms with Gasteiger partial charge in [-0.15, -0.1) is 5.10 Å². The molecule has 0 spiro atoms. The predicted octanol–water partition coefficient (Wildman–Crippen LogP) is 3.45. The first kappa shape index (κ1) is 17.7. The molecule has 1 aromatic heterocycles. The molecule has 1 aromatic rings. The van der Waals surface area contributed by atoms with E-state index in [0.717, 1.165) is 12.1 Å². The Morgan fingerprint density at radius 1 is 1.24 bits per heavy atom. The molecule has 0 saturated carbocycles. The van der Waals surface area contributed by atoms with Crippen LogP contribution in [0.3, 0.4) is 0 Å². The lowest BCUT2D eigenvalue weighted by atomic mass is 9.74. The van der Waals surface area contributed by atoms with Gasteiger partial charge in [-0.1, -0.05) is 32.9 Å². The molecule has 0 aliphatic carbocycles. The summed E-state index contributed by atoms with van der Waals surface area (Å²) in [6, 6.07) is 0. The summed E-state index contributed by atoms with van der Waals surface area (Å²) in [7, 11) is 0. The highest BCUT2D eigenvalue weighted by Gasteiger charge is 2.46. The number of aliphatic carboxylic acids is 1. The minimum absolute atomic E-state index is 0.0735. The molecule has 0 atom stereocenters. The fourth-order valence-corrected chi connectivity index (χ4v) is 2.52. The van der Waals surface area contributed by atoms with Crippen molar-refractivity contribution in [2.75, 3.05) is 0 Å². The molecule has 5 nitrogen and oxygen atoms in total. The molecule has 120 valence electrons. The summed E-state index contributed by atoms with van der Waals surface area (Å²) in [5.74, 6) is -0.278. The molecule has 0 aromatic carbocycles. The van der Waals surface area contributed by atoms with Crippen molar-refractivity contribution in [2.45, 2.75) is 72.8 Å². The Kier molecular flexibility index (Phi) is 4.56. The van der Waals surface area contributed by atoms with E-state index in [9.17, 15) is 9.90 Å². The van der Waals surface area contributed by atoms with Crippen LogP contribution in [-0.2, 0) is 15.7 Å². The number of hydrogen-bond donors (Lipinski definition) is 1. The van der Waals surface area contributed by atoms with Gasteiger partial charge in [-0.25, -0.2) is 4.68 Å². The smallest absolute Gasteiger partial charge is 0.311 e. The Hall–Kier alpha value is -1.39. The van der Waals surface area contributed by atoms with Gasteiger partial charge in [0.1, 0.15) is 0 Å². The molecule has 1 N–H and O–H groups in total. The van der Waals surface area contributed by atoms with Gasteiger partial charge in [0, 0.05) is 11.6 Å². The monoisotopic (exact) mass is 295 g/mol. The second kappa shape index (κ2) is 5.43. The maximum atomic E-state index is 11.5. The Balaban J connectivity index is 3.17. The number of carboxylic acids is 1. The first-order valence-corrected chi connectivity index (χ1v) is 7.49. The Bertz CT molecular complexity index is 513. The third kappa shape index (κ3) is 3.27. The first-order chi connectivity index (χ1) is 9.32. The first-order valence-electron chi connectivity index (χ1n) is 7.49. The average molecular weight is 295 g/mol. The van der Waals surface area contributed by atoms with Crippen LogP contribution >= 0.6 is 0 Å². The molecule has 0 saturated heterocycles. The summed E-state index contributed by atoms with van der Waals surface area (Å²) in [6.45, 7) is 15.9. The van der Waals surface area contributed by atoms with Crippen molar-refractivity contribution in [3.63, 3.8) is 0 Å². The van der Waals surface area contributed by atoms with E-state index in [2.05, 4.69) is 38.0 Å². The van der Waals surface area contributed by atoms with Crippen LogP contribution in [0.5, 0.6) is 0 Å². The molecule has 0 amide bonds. The van der Waals surface area contributed by atoms with Crippen molar-refractivity contribution in [3.8, 4) is 0 Å². The fraction of sp³-hybridized carbons (Fsp3) is 0.812. The number of carbonyl (C=O) groups is 1. The third-order valence-corrected chi connectivity index (χ3v) is 4.74. The Labute approximate surface area is 127 Å². The van der Waals surface area contributed by atoms with Crippen molar-refractivity contribution in [1.29, 1.82) is 0 Å². The molecule has 0 bridgehead atoms. The van der Waals surface area contributed by atoms with E-state index in [0.29, 0.717) is 5.92 Å². The lowest BCUT2D eigenvalue weighted by Crippen LogP contribution is -2.47. The number of nitrogens with zero attached hydrogens (tertiary/aromatic N) is 3. The zero-order valence-electron chi connectivity index (χ0n) is 14.6. The molecule has 1 heterocycles. The van der Waals surface area contributed by atoms with Crippen LogP contribution < -0.4 is 0 Å². The summed E-state index contributed by atoms with van der Waals surface area (Å²) in [4.78, 5) is 11.5. The summed E-state index contributed by atoms with van der Waals surface area (Å²) in [5, 5.41) is 18.0. The minimum atomic E-state index is -0.944. The van der Waals surface area contributed by atoms with Gasteiger partial charge in [-0.2, -0.15) is 0 Å². The van der Waals surface area contributed by atoms with Crippen LogP contribution in [0.25, 0.3) is 0 Å². The van der Waals surface area contributed by atoms with Crippen molar-refractivity contribution in [1.82, 2.24) is 15.0 Å². The molecule has 0 unspecified atom stereocenters. The maximum Gasteiger partial charge on any atom is 0.311 e. The van der Waals surface area contributed by atoms with Gasteiger partial charge >= 0.3 is 5.97 Å². The predicted molar refractivity (Wildman–Crippen MR) is 83.2 cm³/mol. The van der Waals surface area contributed by atoms with Gasteiger partial charge in [0.05, 0.1) is 16.6 Å². The normalized spacial score (nSPS) is 13.8. The topological polar surface area (TPSA) is 68.0 Å². The number of hydrogen-bond acceptors (Lipinski definition) is 3. The summed E-state index contributed by atoms with van der Waals surface area (Å²) < 4.78 is 1.69. The second-order valence-corrected chi connectivity index (χ2v) is 8.02. The molecule has 0 aliphatic heterocycles. The van der Waals surface area contributed by atoms with Gasteiger partial charge in [0.15, 0.2) is 0 Å². The van der Waals surface area contributed by atoms with E-state index in [-0.39, 0.29) is 5.41 Å². The van der Waals surface area contributed by atoms with E-state index in [1.165, 1.54) is 0 Å². The summed E-state index contributed by atoms with van der Waals surface area (Å²) in [6.07, 6.45) is 2.90. The van der Waals surface area contributed by atoms with E-state index >= 15 is 0 Å². The molecule has 1 rings (SSSR count). The third-order valence-electron chi connectivity index (χ3n) is 4.74. The molecular formula is C16H29N3O2. The zero-order valence-corrected chi connectivity index (χ0v) is 14.6. The quantitative estimate of drug-likeness (QED) is 0.872. The number of aromatic nitrogens is 3. The molecule has 0 aliphatic rings. The van der Waals surface area contributed by atoms with Gasteiger partial charge in [0.2, 0.25) is 0 Å². The average Bonchev–Trinajstić information content (AvgIpc) is 2.76. The molecule has 0 fully saturated rings. The van der Waals surface area contributed by atoms with Crippen LogP contribution in [0.15, 0.2) is 6.20 Å². The van der Waals surface area contributed by atoms with Gasteiger partial charge in [0.25, 0.3) is 0 Å². The van der Waals surface area contributed by atoms with Crippen LogP contribution in [0.1, 0.15) is 67.5 Å².